The van der Waals surface area contributed by atoms with E-state index in [2.05, 4.69) is 10.6 Å². The standard InChI is InChI=1S/C15H18ClN3O2/c1-9-3-2-4-12(14(9)16)18-15(21)17-10-7-13(20)19(8-10)11-5-6-11/h2-4,10-11H,5-8H2,1H3,(H2,17,18,21)/t10-/m1/s1. The van der Waals surface area contributed by atoms with Gasteiger partial charge in [-0.3, -0.25) is 4.79 Å². The number of anilines is 1. The third kappa shape index (κ3) is 3.13. The van der Waals surface area contributed by atoms with Gasteiger partial charge in [0.2, 0.25) is 5.91 Å². The average Bonchev–Trinajstić information content (AvgIpc) is 3.20. The smallest absolute Gasteiger partial charge is 0.319 e. The van der Waals surface area contributed by atoms with Crippen molar-refractivity contribution in [3.63, 3.8) is 0 Å². The third-order valence-corrected chi connectivity index (χ3v) is 4.42. The summed E-state index contributed by atoms with van der Waals surface area (Å²) in [4.78, 5) is 25.7. The van der Waals surface area contributed by atoms with E-state index in [9.17, 15) is 9.59 Å². The lowest BCUT2D eigenvalue weighted by Gasteiger charge is -2.16. The van der Waals surface area contributed by atoms with Gasteiger partial charge in [0.25, 0.3) is 0 Å². The summed E-state index contributed by atoms with van der Waals surface area (Å²) >= 11 is 6.15. The van der Waals surface area contributed by atoms with Gasteiger partial charge in [0.1, 0.15) is 0 Å². The van der Waals surface area contributed by atoms with E-state index in [1.807, 2.05) is 24.0 Å². The number of nitrogens with one attached hydrogen (secondary N) is 2. The van der Waals surface area contributed by atoms with Crippen LogP contribution < -0.4 is 10.6 Å². The fourth-order valence-corrected chi connectivity index (χ4v) is 2.83. The van der Waals surface area contributed by atoms with E-state index >= 15 is 0 Å². The molecule has 0 spiro atoms. The van der Waals surface area contributed by atoms with E-state index in [1.165, 1.54) is 0 Å². The molecule has 5 nitrogen and oxygen atoms in total. The highest BCUT2D eigenvalue weighted by Gasteiger charge is 2.39. The molecule has 0 bridgehead atoms. The Morgan fingerprint density at radius 3 is 2.86 bits per heavy atom. The summed E-state index contributed by atoms with van der Waals surface area (Å²) in [5, 5.41) is 6.12. The number of rotatable bonds is 3. The van der Waals surface area contributed by atoms with Crippen molar-refractivity contribution in [2.45, 2.75) is 38.3 Å². The van der Waals surface area contributed by atoms with Gasteiger partial charge in [-0.25, -0.2) is 4.79 Å². The number of benzene rings is 1. The minimum absolute atomic E-state index is 0.123. The largest absolute Gasteiger partial charge is 0.338 e. The number of urea groups is 1. The molecule has 3 amide bonds. The lowest BCUT2D eigenvalue weighted by atomic mass is 10.2. The van der Waals surface area contributed by atoms with Gasteiger partial charge in [-0.2, -0.15) is 0 Å². The average molecular weight is 308 g/mol. The van der Waals surface area contributed by atoms with Gasteiger partial charge >= 0.3 is 6.03 Å². The minimum Gasteiger partial charge on any atom is -0.338 e. The van der Waals surface area contributed by atoms with Crippen LogP contribution in [0.4, 0.5) is 10.5 Å². The van der Waals surface area contributed by atoms with Crippen LogP contribution in [0.5, 0.6) is 0 Å². The summed E-state index contributed by atoms with van der Waals surface area (Å²) < 4.78 is 0. The van der Waals surface area contributed by atoms with Gasteiger partial charge < -0.3 is 15.5 Å². The number of halogens is 1. The van der Waals surface area contributed by atoms with E-state index in [1.54, 1.807) is 6.07 Å². The molecule has 21 heavy (non-hydrogen) atoms. The zero-order chi connectivity index (χ0) is 15.0. The monoisotopic (exact) mass is 307 g/mol. The highest BCUT2D eigenvalue weighted by molar-refractivity contribution is 6.34. The molecule has 1 heterocycles. The molecule has 2 fully saturated rings. The van der Waals surface area contributed by atoms with Crippen LogP contribution in [-0.4, -0.2) is 35.5 Å². The Morgan fingerprint density at radius 1 is 1.38 bits per heavy atom. The van der Waals surface area contributed by atoms with Crippen LogP contribution in [0.15, 0.2) is 18.2 Å². The van der Waals surface area contributed by atoms with Crippen LogP contribution in [0, 0.1) is 6.92 Å². The molecule has 3 rings (SSSR count). The number of hydrogen-bond acceptors (Lipinski definition) is 2. The molecule has 2 aliphatic rings. The fourth-order valence-electron chi connectivity index (χ4n) is 2.66. The van der Waals surface area contributed by atoms with Crippen LogP contribution in [-0.2, 0) is 4.79 Å². The summed E-state index contributed by atoms with van der Waals surface area (Å²) in [6, 6.07) is 5.43. The van der Waals surface area contributed by atoms with Crippen molar-refractivity contribution >= 4 is 29.2 Å². The van der Waals surface area contributed by atoms with Gasteiger partial charge in [0.05, 0.1) is 16.8 Å². The highest BCUT2D eigenvalue weighted by atomic mass is 35.5. The predicted molar refractivity (Wildman–Crippen MR) is 81.5 cm³/mol. The second-order valence-corrected chi connectivity index (χ2v) is 6.09. The van der Waals surface area contributed by atoms with Gasteiger partial charge in [-0.1, -0.05) is 23.7 Å². The summed E-state index contributed by atoms with van der Waals surface area (Å²) in [5.41, 5.74) is 1.49. The zero-order valence-electron chi connectivity index (χ0n) is 11.9. The molecule has 1 atom stereocenters. The van der Waals surface area contributed by atoms with Gasteiger partial charge in [0.15, 0.2) is 0 Å². The second-order valence-electron chi connectivity index (χ2n) is 5.71. The number of nitrogens with zero attached hydrogens (tertiary/aromatic N) is 1. The predicted octanol–water partition coefficient (Wildman–Crippen LogP) is 2.53. The molecule has 112 valence electrons. The van der Waals surface area contributed by atoms with E-state index in [4.69, 9.17) is 11.6 Å². The van der Waals surface area contributed by atoms with Crippen molar-refractivity contribution in [3.8, 4) is 0 Å². The first-order valence-electron chi connectivity index (χ1n) is 7.16. The first kappa shape index (κ1) is 14.2. The molecular formula is C15H18ClN3O2. The molecule has 1 aromatic rings. The normalized spacial score (nSPS) is 21.5. The lowest BCUT2D eigenvalue weighted by molar-refractivity contribution is -0.128. The van der Waals surface area contributed by atoms with Crippen molar-refractivity contribution in [1.29, 1.82) is 0 Å². The number of likely N-dealkylation sites (tertiary alicyclic amines) is 1. The molecule has 6 heteroatoms. The number of carbonyl (C=O) groups excluding carboxylic acids is 2. The van der Waals surface area contributed by atoms with Crippen LogP contribution in [0.1, 0.15) is 24.8 Å². The third-order valence-electron chi connectivity index (χ3n) is 3.92. The summed E-state index contributed by atoms with van der Waals surface area (Å²) in [6.07, 6.45) is 2.55. The Hall–Kier alpha value is -1.75. The SMILES string of the molecule is Cc1cccc(NC(=O)N[C@@H]2CC(=O)N(C3CC3)C2)c1Cl. The molecular weight excluding hydrogens is 290 g/mol. The summed E-state index contributed by atoms with van der Waals surface area (Å²) in [6.45, 7) is 2.49. The van der Waals surface area contributed by atoms with Crippen LogP contribution in [0.3, 0.4) is 0 Å². The lowest BCUT2D eigenvalue weighted by Crippen LogP contribution is -2.40. The van der Waals surface area contributed by atoms with E-state index in [0.717, 1.165) is 18.4 Å². The first-order chi connectivity index (χ1) is 10.0. The molecule has 1 aromatic carbocycles. The Labute approximate surface area is 128 Å². The Kier molecular flexibility index (Phi) is 3.76. The van der Waals surface area contributed by atoms with E-state index < -0.39 is 0 Å². The van der Waals surface area contributed by atoms with E-state index in [0.29, 0.717) is 29.7 Å². The van der Waals surface area contributed by atoms with Crippen LogP contribution in [0.25, 0.3) is 0 Å². The fraction of sp³-hybridized carbons (Fsp3) is 0.467. The first-order valence-corrected chi connectivity index (χ1v) is 7.54. The van der Waals surface area contributed by atoms with Crippen LogP contribution >= 0.6 is 11.6 Å². The zero-order valence-corrected chi connectivity index (χ0v) is 12.6. The molecule has 0 unspecified atom stereocenters. The van der Waals surface area contributed by atoms with Gasteiger partial charge in [0, 0.05) is 19.0 Å². The molecule has 1 aliphatic heterocycles. The van der Waals surface area contributed by atoms with Crippen molar-refractivity contribution in [2.24, 2.45) is 0 Å². The Balaban J connectivity index is 1.57. The Bertz CT molecular complexity index is 586. The number of aryl methyl sites for hydroxylation is 1. The number of carbonyl (C=O) groups is 2. The number of hydrogen-bond donors (Lipinski definition) is 2. The highest BCUT2D eigenvalue weighted by Crippen LogP contribution is 2.30. The second kappa shape index (κ2) is 5.56. The topological polar surface area (TPSA) is 61.4 Å². The van der Waals surface area contributed by atoms with Crippen LogP contribution in [0.2, 0.25) is 5.02 Å². The molecule has 1 saturated heterocycles. The van der Waals surface area contributed by atoms with Crippen molar-refractivity contribution < 1.29 is 9.59 Å². The summed E-state index contributed by atoms with van der Waals surface area (Å²) in [7, 11) is 0. The molecule has 1 saturated carbocycles. The maximum atomic E-state index is 12.0. The molecule has 2 N–H and O–H groups in total. The number of amides is 3. The van der Waals surface area contributed by atoms with Gasteiger partial charge in [-0.05, 0) is 31.4 Å². The van der Waals surface area contributed by atoms with Crippen molar-refractivity contribution in [3.05, 3.63) is 28.8 Å². The van der Waals surface area contributed by atoms with E-state index in [-0.39, 0.29) is 18.0 Å². The Morgan fingerprint density at radius 2 is 2.14 bits per heavy atom. The van der Waals surface area contributed by atoms with Crippen molar-refractivity contribution in [1.82, 2.24) is 10.2 Å². The molecule has 1 aliphatic carbocycles. The summed E-state index contributed by atoms with van der Waals surface area (Å²) in [5.74, 6) is 0.136. The minimum atomic E-state index is -0.321. The maximum absolute atomic E-state index is 12.0. The van der Waals surface area contributed by atoms with Gasteiger partial charge in [-0.15, -0.1) is 0 Å². The molecule has 0 radical (unpaired) electrons. The maximum Gasteiger partial charge on any atom is 0.319 e. The van der Waals surface area contributed by atoms with Crippen molar-refractivity contribution in [2.75, 3.05) is 11.9 Å². The molecule has 0 aromatic heterocycles. The quantitative estimate of drug-likeness (QED) is 0.901.